The quantitative estimate of drug-likeness (QED) is 0.683. The van der Waals surface area contributed by atoms with E-state index in [0.717, 1.165) is 39.1 Å². The standard InChI is InChI=1S/C13H27N3O2/c1-3-16(9-11(2)8-14)10-13(17)15-12-4-6-18-7-5-12/h11-12H,3-10,14H2,1-2H3,(H,15,17). The lowest BCUT2D eigenvalue weighted by atomic mass is 10.1. The molecule has 0 bridgehead atoms. The van der Waals surface area contributed by atoms with Gasteiger partial charge in [-0.2, -0.15) is 0 Å². The van der Waals surface area contributed by atoms with Crippen LogP contribution >= 0.6 is 0 Å². The van der Waals surface area contributed by atoms with Gasteiger partial charge in [0.25, 0.3) is 0 Å². The van der Waals surface area contributed by atoms with Gasteiger partial charge in [-0.15, -0.1) is 0 Å². The Hall–Kier alpha value is -0.650. The van der Waals surface area contributed by atoms with E-state index in [2.05, 4.69) is 24.1 Å². The second kappa shape index (κ2) is 8.45. The summed E-state index contributed by atoms with van der Waals surface area (Å²) in [5.41, 5.74) is 5.61. The molecule has 18 heavy (non-hydrogen) atoms. The molecular weight excluding hydrogens is 230 g/mol. The van der Waals surface area contributed by atoms with Gasteiger partial charge in [-0.1, -0.05) is 13.8 Å². The van der Waals surface area contributed by atoms with Crippen molar-refractivity contribution in [2.45, 2.75) is 32.7 Å². The molecule has 1 aliphatic heterocycles. The first-order chi connectivity index (χ1) is 8.65. The predicted octanol–water partition coefficient (Wildman–Crippen LogP) is 0.198. The first kappa shape index (κ1) is 15.4. The van der Waals surface area contributed by atoms with E-state index in [0.29, 0.717) is 19.0 Å². The molecular formula is C13H27N3O2. The number of likely N-dealkylation sites (N-methyl/N-ethyl adjacent to an activating group) is 1. The van der Waals surface area contributed by atoms with E-state index in [1.54, 1.807) is 0 Å². The minimum atomic E-state index is 0.118. The minimum absolute atomic E-state index is 0.118. The fourth-order valence-electron chi connectivity index (χ4n) is 2.14. The molecule has 1 amide bonds. The molecule has 106 valence electrons. The molecule has 0 aromatic carbocycles. The summed E-state index contributed by atoms with van der Waals surface area (Å²) in [7, 11) is 0. The van der Waals surface area contributed by atoms with Crippen LogP contribution in [0.3, 0.4) is 0 Å². The molecule has 0 radical (unpaired) electrons. The van der Waals surface area contributed by atoms with Gasteiger partial charge in [-0.3, -0.25) is 9.69 Å². The van der Waals surface area contributed by atoms with E-state index in [-0.39, 0.29) is 11.9 Å². The number of ether oxygens (including phenoxy) is 1. The summed E-state index contributed by atoms with van der Waals surface area (Å²) in [6.07, 6.45) is 1.86. The highest BCUT2D eigenvalue weighted by atomic mass is 16.5. The normalized spacial score (nSPS) is 18.9. The first-order valence-corrected chi connectivity index (χ1v) is 6.95. The number of hydrogen-bond acceptors (Lipinski definition) is 4. The van der Waals surface area contributed by atoms with Crippen molar-refractivity contribution in [3.8, 4) is 0 Å². The average Bonchev–Trinajstić information content (AvgIpc) is 2.38. The molecule has 0 aromatic rings. The molecule has 0 aromatic heterocycles. The van der Waals surface area contributed by atoms with Crippen LogP contribution in [0.25, 0.3) is 0 Å². The molecule has 0 spiro atoms. The summed E-state index contributed by atoms with van der Waals surface area (Å²) >= 11 is 0. The number of carbonyl (C=O) groups excluding carboxylic acids is 1. The third kappa shape index (κ3) is 5.80. The van der Waals surface area contributed by atoms with E-state index < -0.39 is 0 Å². The maximum absolute atomic E-state index is 11.9. The minimum Gasteiger partial charge on any atom is -0.381 e. The molecule has 5 heteroatoms. The zero-order chi connectivity index (χ0) is 13.4. The molecule has 1 aliphatic rings. The number of rotatable bonds is 7. The Morgan fingerprint density at radius 2 is 2.17 bits per heavy atom. The van der Waals surface area contributed by atoms with Gasteiger partial charge in [-0.25, -0.2) is 0 Å². The van der Waals surface area contributed by atoms with Crippen molar-refractivity contribution in [2.75, 3.05) is 39.4 Å². The third-order valence-corrected chi connectivity index (χ3v) is 3.37. The smallest absolute Gasteiger partial charge is 0.234 e. The zero-order valence-electron chi connectivity index (χ0n) is 11.7. The largest absolute Gasteiger partial charge is 0.381 e. The Morgan fingerprint density at radius 3 is 2.72 bits per heavy atom. The molecule has 1 saturated heterocycles. The van der Waals surface area contributed by atoms with Crippen LogP contribution in [-0.2, 0) is 9.53 Å². The van der Waals surface area contributed by atoms with Crippen LogP contribution in [0.15, 0.2) is 0 Å². The van der Waals surface area contributed by atoms with Gasteiger partial charge in [0.05, 0.1) is 6.54 Å². The number of nitrogens with zero attached hydrogens (tertiary/aromatic N) is 1. The van der Waals surface area contributed by atoms with Crippen LogP contribution in [0, 0.1) is 5.92 Å². The zero-order valence-corrected chi connectivity index (χ0v) is 11.7. The lowest BCUT2D eigenvalue weighted by Gasteiger charge is -2.26. The van der Waals surface area contributed by atoms with Crippen molar-refractivity contribution < 1.29 is 9.53 Å². The van der Waals surface area contributed by atoms with Gasteiger partial charge < -0.3 is 15.8 Å². The Morgan fingerprint density at radius 1 is 1.50 bits per heavy atom. The van der Waals surface area contributed by atoms with Crippen LogP contribution < -0.4 is 11.1 Å². The fraction of sp³-hybridized carbons (Fsp3) is 0.923. The second-order valence-electron chi connectivity index (χ2n) is 5.12. The Balaban J connectivity index is 2.27. The van der Waals surface area contributed by atoms with Crippen molar-refractivity contribution in [1.29, 1.82) is 0 Å². The third-order valence-electron chi connectivity index (χ3n) is 3.37. The van der Waals surface area contributed by atoms with Crippen LogP contribution in [0.4, 0.5) is 0 Å². The highest BCUT2D eigenvalue weighted by Crippen LogP contribution is 2.06. The Bertz CT molecular complexity index is 242. The Kier molecular flexibility index (Phi) is 7.23. The lowest BCUT2D eigenvalue weighted by Crippen LogP contribution is -2.45. The van der Waals surface area contributed by atoms with Crippen molar-refractivity contribution in [2.24, 2.45) is 11.7 Å². The maximum atomic E-state index is 11.9. The van der Waals surface area contributed by atoms with Gasteiger partial charge in [0.15, 0.2) is 0 Å². The van der Waals surface area contributed by atoms with Gasteiger partial charge in [0.2, 0.25) is 5.91 Å². The van der Waals surface area contributed by atoms with E-state index in [1.807, 2.05) is 0 Å². The molecule has 5 nitrogen and oxygen atoms in total. The lowest BCUT2D eigenvalue weighted by molar-refractivity contribution is -0.123. The van der Waals surface area contributed by atoms with Gasteiger partial charge in [0, 0.05) is 25.8 Å². The molecule has 0 aliphatic carbocycles. The number of amides is 1. The first-order valence-electron chi connectivity index (χ1n) is 6.95. The van der Waals surface area contributed by atoms with E-state index in [9.17, 15) is 4.79 Å². The second-order valence-corrected chi connectivity index (χ2v) is 5.12. The van der Waals surface area contributed by atoms with Crippen molar-refractivity contribution in [3.05, 3.63) is 0 Å². The number of nitrogens with one attached hydrogen (secondary N) is 1. The average molecular weight is 257 g/mol. The summed E-state index contributed by atoms with van der Waals surface area (Å²) < 4.78 is 5.28. The van der Waals surface area contributed by atoms with Crippen LogP contribution in [0.1, 0.15) is 26.7 Å². The maximum Gasteiger partial charge on any atom is 0.234 e. The van der Waals surface area contributed by atoms with E-state index in [4.69, 9.17) is 10.5 Å². The number of nitrogens with two attached hydrogens (primary N) is 1. The molecule has 1 fully saturated rings. The van der Waals surface area contributed by atoms with Gasteiger partial charge in [0.1, 0.15) is 0 Å². The molecule has 1 rings (SSSR count). The summed E-state index contributed by atoms with van der Waals surface area (Å²) in [6.45, 7) is 8.60. The number of carbonyl (C=O) groups is 1. The van der Waals surface area contributed by atoms with Crippen molar-refractivity contribution >= 4 is 5.91 Å². The van der Waals surface area contributed by atoms with Gasteiger partial charge >= 0.3 is 0 Å². The van der Waals surface area contributed by atoms with Gasteiger partial charge in [-0.05, 0) is 31.8 Å². The van der Waals surface area contributed by atoms with E-state index in [1.165, 1.54) is 0 Å². The summed E-state index contributed by atoms with van der Waals surface area (Å²) in [4.78, 5) is 14.1. The molecule has 0 saturated carbocycles. The molecule has 1 heterocycles. The van der Waals surface area contributed by atoms with Crippen molar-refractivity contribution in [3.63, 3.8) is 0 Å². The topological polar surface area (TPSA) is 67.6 Å². The number of hydrogen-bond donors (Lipinski definition) is 2. The molecule has 1 unspecified atom stereocenters. The van der Waals surface area contributed by atoms with Crippen LogP contribution in [0.5, 0.6) is 0 Å². The fourth-order valence-corrected chi connectivity index (χ4v) is 2.14. The summed E-state index contributed by atoms with van der Waals surface area (Å²) in [5, 5.41) is 3.08. The van der Waals surface area contributed by atoms with Crippen LogP contribution in [0.2, 0.25) is 0 Å². The summed E-state index contributed by atoms with van der Waals surface area (Å²) in [5.74, 6) is 0.550. The highest BCUT2D eigenvalue weighted by molar-refractivity contribution is 5.78. The van der Waals surface area contributed by atoms with E-state index >= 15 is 0 Å². The SMILES string of the molecule is CCN(CC(=O)NC1CCOCC1)CC(C)CN. The monoisotopic (exact) mass is 257 g/mol. The highest BCUT2D eigenvalue weighted by Gasteiger charge is 2.18. The Labute approximate surface area is 110 Å². The van der Waals surface area contributed by atoms with Crippen LogP contribution in [-0.4, -0.2) is 56.2 Å². The molecule has 3 N–H and O–H groups in total. The van der Waals surface area contributed by atoms with Crippen molar-refractivity contribution in [1.82, 2.24) is 10.2 Å². The molecule has 1 atom stereocenters. The predicted molar refractivity (Wildman–Crippen MR) is 72.3 cm³/mol. The summed E-state index contributed by atoms with van der Waals surface area (Å²) in [6, 6.07) is 0.289.